The molecule has 0 saturated carbocycles. The molecule has 2 nitrogen and oxygen atoms in total. The lowest BCUT2D eigenvalue weighted by Gasteiger charge is -2.02. The van der Waals surface area contributed by atoms with Gasteiger partial charge in [-0.05, 0) is 12.8 Å². The normalized spacial score (nSPS) is 9.83. The first-order chi connectivity index (χ1) is 5.81. The first-order valence-electron chi connectivity index (χ1n) is 5.08. The SMILES string of the molecule is CCCCCCNC(=O)CCC. The highest BCUT2D eigenvalue weighted by atomic mass is 16.1. The van der Waals surface area contributed by atoms with Crippen LogP contribution in [0.3, 0.4) is 0 Å². The van der Waals surface area contributed by atoms with Crippen LogP contribution in [-0.2, 0) is 4.79 Å². The van der Waals surface area contributed by atoms with E-state index in [9.17, 15) is 4.79 Å². The van der Waals surface area contributed by atoms with Crippen molar-refractivity contribution in [2.75, 3.05) is 6.54 Å². The molecule has 0 atom stereocenters. The molecule has 0 aromatic carbocycles. The van der Waals surface area contributed by atoms with Crippen molar-refractivity contribution < 1.29 is 4.79 Å². The number of hydrogen-bond acceptors (Lipinski definition) is 1. The smallest absolute Gasteiger partial charge is 0.219 e. The number of amides is 1. The monoisotopic (exact) mass is 171 g/mol. The summed E-state index contributed by atoms with van der Waals surface area (Å²) in [6.45, 7) is 5.07. The molecule has 0 fully saturated rings. The van der Waals surface area contributed by atoms with E-state index in [0.717, 1.165) is 19.4 Å². The lowest BCUT2D eigenvalue weighted by atomic mass is 10.2. The molecule has 1 N–H and O–H groups in total. The maximum atomic E-state index is 11.0. The summed E-state index contributed by atoms with van der Waals surface area (Å²) >= 11 is 0. The van der Waals surface area contributed by atoms with E-state index in [2.05, 4.69) is 12.2 Å². The molecule has 0 saturated heterocycles. The van der Waals surface area contributed by atoms with E-state index < -0.39 is 0 Å². The number of rotatable bonds is 7. The van der Waals surface area contributed by atoms with Crippen LogP contribution in [0.2, 0.25) is 0 Å². The standard InChI is InChI=1S/C10H21NO/c1-3-5-6-7-9-11-10(12)8-4-2/h3-9H2,1-2H3,(H,11,12). The zero-order chi connectivity index (χ0) is 9.23. The summed E-state index contributed by atoms with van der Waals surface area (Å²) in [5.41, 5.74) is 0. The van der Waals surface area contributed by atoms with E-state index in [4.69, 9.17) is 0 Å². The van der Waals surface area contributed by atoms with Crippen molar-refractivity contribution in [3.63, 3.8) is 0 Å². The molecule has 0 aromatic heterocycles. The summed E-state index contributed by atoms with van der Waals surface area (Å²) in [4.78, 5) is 11.0. The summed E-state index contributed by atoms with van der Waals surface area (Å²) in [5.74, 6) is 0.203. The molecule has 2 heteroatoms. The van der Waals surface area contributed by atoms with Crippen LogP contribution in [0.4, 0.5) is 0 Å². The Morgan fingerprint density at radius 1 is 1.08 bits per heavy atom. The van der Waals surface area contributed by atoms with Gasteiger partial charge in [0.25, 0.3) is 0 Å². The van der Waals surface area contributed by atoms with Gasteiger partial charge in [0.15, 0.2) is 0 Å². The predicted molar refractivity (Wildman–Crippen MR) is 52.1 cm³/mol. The van der Waals surface area contributed by atoms with Gasteiger partial charge in [0.05, 0.1) is 0 Å². The third-order valence-electron chi connectivity index (χ3n) is 1.83. The van der Waals surface area contributed by atoms with E-state index in [1.165, 1.54) is 19.3 Å². The highest BCUT2D eigenvalue weighted by molar-refractivity contribution is 5.75. The Hall–Kier alpha value is -0.530. The predicted octanol–water partition coefficient (Wildman–Crippen LogP) is 2.48. The third kappa shape index (κ3) is 7.58. The van der Waals surface area contributed by atoms with Gasteiger partial charge in [-0.2, -0.15) is 0 Å². The molecule has 0 bridgehead atoms. The molecule has 0 aliphatic carbocycles. The number of unbranched alkanes of at least 4 members (excludes halogenated alkanes) is 3. The molecule has 0 unspecified atom stereocenters. The van der Waals surface area contributed by atoms with Gasteiger partial charge < -0.3 is 5.32 Å². The fraction of sp³-hybridized carbons (Fsp3) is 0.900. The first kappa shape index (κ1) is 11.5. The van der Waals surface area contributed by atoms with Crippen molar-refractivity contribution >= 4 is 5.91 Å². The second-order valence-electron chi connectivity index (χ2n) is 3.16. The molecule has 0 heterocycles. The highest BCUT2D eigenvalue weighted by Gasteiger charge is 1.96. The third-order valence-corrected chi connectivity index (χ3v) is 1.83. The van der Waals surface area contributed by atoms with Crippen LogP contribution in [0.1, 0.15) is 52.4 Å². The van der Waals surface area contributed by atoms with E-state index >= 15 is 0 Å². The number of hydrogen-bond donors (Lipinski definition) is 1. The van der Waals surface area contributed by atoms with Crippen molar-refractivity contribution in [2.24, 2.45) is 0 Å². The van der Waals surface area contributed by atoms with Crippen molar-refractivity contribution in [1.29, 1.82) is 0 Å². The molecule has 0 spiro atoms. The summed E-state index contributed by atoms with van der Waals surface area (Å²) in [7, 11) is 0. The van der Waals surface area contributed by atoms with Gasteiger partial charge in [-0.25, -0.2) is 0 Å². The second-order valence-corrected chi connectivity index (χ2v) is 3.16. The van der Waals surface area contributed by atoms with Crippen molar-refractivity contribution in [1.82, 2.24) is 5.32 Å². The van der Waals surface area contributed by atoms with Crippen molar-refractivity contribution in [3.8, 4) is 0 Å². The van der Waals surface area contributed by atoms with Crippen LogP contribution in [0.15, 0.2) is 0 Å². The lowest BCUT2D eigenvalue weighted by molar-refractivity contribution is -0.121. The van der Waals surface area contributed by atoms with Crippen LogP contribution >= 0.6 is 0 Å². The van der Waals surface area contributed by atoms with Gasteiger partial charge >= 0.3 is 0 Å². The van der Waals surface area contributed by atoms with E-state index in [1.807, 2.05) is 6.92 Å². The van der Waals surface area contributed by atoms with E-state index in [0.29, 0.717) is 6.42 Å². The molecule has 72 valence electrons. The Labute approximate surface area is 75.7 Å². The largest absolute Gasteiger partial charge is 0.356 e. The lowest BCUT2D eigenvalue weighted by Crippen LogP contribution is -2.23. The second kappa shape index (κ2) is 8.57. The Morgan fingerprint density at radius 2 is 1.83 bits per heavy atom. The minimum Gasteiger partial charge on any atom is -0.356 e. The van der Waals surface area contributed by atoms with Crippen LogP contribution < -0.4 is 5.32 Å². The fourth-order valence-corrected chi connectivity index (χ4v) is 1.10. The molecule has 0 rings (SSSR count). The van der Waals surface area contributed by atoms with Crippen LogP contribution in [-0.4, -0.2) is 12.5 Å². The molecule has 0 aliphatic rings. The van der Waals surface area contributed by atoms with Crippen molar-refractivity contribution in [3.05, 3.63) is 0 Å². The maximum Gasteiger partial charge on any atom is 0.219 e. The summed E-state index contributed by atoms with van der Waals surface area (Å²) in [6, 6.07) is 0. The molecular formula is C10H21NO. The van der Waals surface area contributed by atoms with Crippen LogP contribution in [0, 0.1) is 0 Å². The van der Waals surface area contributed by atoms with E-state index in [-0.39, 0.29) is 5.91 Å². The van der Waals surface area contributed by atoms with Gasteiger partial charge in [0, 0.05) is 13.0 Å². The Kier molecular flexibility index (Phi) is 8.19. The minimum atomic E-state index is 0.203. The number of carbonyl (C=O) groups excluding carboxylic acids is 1. The maximum absolute atomic E-state index is 11.0. The quantitative estimate of drug-likeness (QED) is 0.586. The van der Waals surface area contributed by atoms with Gasteiger partial charge in [0.1, 0.15) is 0 Å². The van der Waals surface area contributed by atoms with Gasteiger partial charge in [-0.1, -0.05) is 33.1 Å². The average molecular weight is 171 g/mol. The van der Waals surface area contributed by atoms with E-state index in [1.54, 1.807) is 0 Å². The summed E-state index contributed by atoms with van der Waals surface area (Å²) < 4.78 is 0. The summed E-state index contributed by atoms with van der Waals surface area (Å²) in [5, 5.41) is 2.90. The van der Waals surface area contributed by atoms with Gasteiger partial charge in [-0.3, -0.25) is 4.79 Å². The number of carbonyl (C=O) groups is 1. The van der Waals surface area contributed by atoms with Gasteiger partial charge in [0.2, 0.25) is 5.91 Å². The molecule has 0 radical (unpaired) electrons. The Balaban J connectivity index is 3.03. The average Bonchev–Trinajstić information content (AvgIpc) is 2.05. The summed E-state index contributed by atoms with van der Waals surface area (Å²) in [6.07, 6.45) is 6.52. The molecule has 0 aromatic rings. The topological polar surface area (TPSA) is 29.1 Å². The zero-order valence-electron chi connectivity index (χ0n) is 8.36. The molecule has 0 aliphatic heterocycles. The zero-order valence-corrected chi connectivity index (χ0v) is 8.36. The van der Waals surface area contributed by atoms with Crippen LogP contribution in [0.25, 0.3) is 0 Å². The van der Waals surface area contributed by atoms with Crippen LogP contribution in [0.5, 0.6) is 0 Å². The Bertz CT molecular complexity index is 112. The molecule has 1 amide bonds. The highest BCUT2D eigenvalue weighted by Crippen LogP contribution is 1.97. The molecular weight excluding hydrogens is 150 g/mol. The Morgan fingerprint density at radius 3 is 2.42 bits per heavy atom. The first-order valence-corrected chi connectivity index (χ1v) is 5.08. The van der Waals surface area contributed by atoms with Gasteiger partial charge in [-0.15, -0.1) is 0 Å². The minimum absolute atomic E-state index is 0.203. The fourth-order valence-electron chi connectivity index (χ4n) is 1.10. The molecule has 12 heavy (non-hydrogen) atoms. The van der Waals surface area contributed by atoms with Crippen molar-refractivity contribution in [2.45, 2.75) is 52.4 Å². The number of nitrogens with one attached hydrogen (secondary N) is 1.